The van der Waals surface area contributed by atoms with Crippen LogP contribution in [0.5, 0.6) is 0 Å². The second-order valence-corrected chi connectivity index (χ2v) is 5.35. The Morgan fingerprint density at radius 3 is 2.72 bits per heavy atom. The van der Waals surface area contributed by atoms with Gasteiger partial charge >= 0.3 is 5.97 Å². The van der Waals surface area contributed by atoms with Crippen molar-refractivity contribution in [1.82, 2.24) is 9.55 Å². The number of carbonyl (C=O) groups is 1. The lowest BCUT2D eigenvalue weighted by Gasteiger charge is -2.41. The van der Waals surface area contributed by atoms with Crippen LogP contribution in [0.2, 0.25) is 0 Å². The fourth-order valence-electron chi connectivity index (χ4n) is 2.93. The number of imidazole rings is 1. The summed E-state index contributed by atoms with van der Waals surface area (Å²) >= 11 is 0. The van der Waals surface area contributed by atoms with Crippen molar-refractivity contribution < 1.29 is 9.90 Å². The maximum atomic E-state index is 11.0. The Hall–Kier alpha value is -1.84. The molecule has 0 unspecified atom stereocenters. The number of nitrogens with zero attached hydrogens (tertiary/aromatic N) is 2. The van der Waals surface area contributed by atoms with Crippen LogP contribution in [0.4, 0.5) is 0 Å². The van der Waals surface area contributed by atoms with Crippen LogP contribution in [0.25, 0.3) is 11.0 Å². The van der Waals surface area contributed by atoms with Crippen molar-refractivity contribution >= 4 is 17.0 Å². The molecule has 0 radical (unpaired) electrons. The molecule has 2 aromatic rings. The molecule has 1 saturated carbocycles. The van der Waals surface area contributed by atoms with E-state index in [1.54, 1.807) is 12.1 Å². The van der Waals surface area contributed by atoms with Gasteiger partial charge in [0.2, 0.25) is 0 Å². The summed E-state index contributed by atoms with van der Waals surface area (Å²) in [5.41, 5.74) is 2.27. The predicted molar refractivity (Wildman–Crippen MR) is 68.9 cm³/mol. The van der Waals surface area contributed by atoms with Crippen LogP contribution in [-0.4, -0.2) is 20.6 Å². The summed E-state index contributed by atoms with van der Waals surface area (Å²) in [5.74, 6) is 0.0636. The summed E-state index contributed by atoms with van der Waals surface area (Å²) in [6, 6.07) is 5.19. The summed E-state index contributed by atoms with van der Waals surface area (Å²) in [6.45, 7) is 4.24. The second-order valence-electron chi connectivity index (χ2n) is 5.35. The minimum Gasteiger partial charge on any atom is -0.478 e. The van der Waals surface area contributed by atoms with E-state index in [-0.39, 0.29) is 5.54 Å². The van der Waals surface area contributed by atoms with Gasteiger partial charge in [0.25, 0.3) is 0 Å². The van der Waals surface area contributed by atoms with Gasteiger partial charge in [-0.2, -0.15) is 0 Å². The molecule has 94 valence electrons. The molecule has 4 nitrogen and oxygen atoms in total. The molecule has 1 aromatic carbocycles. The Morgan fingerprint density at radius 2 is 2.17 bits per heavy atom. The molecule has 1 fully saturated rings. The van der Waals surface area contributed by atoms with Gasteiger partial charge in [-0.3, -0.25) is 0 Å². The molecule has 1 N–H and O–H groups in total. The standard InChI is InChI=1S/C14H16N2O2/c1-9-15-11-8-10(13(17)18)4-5-12(11)16(9)14(2)6-3-7-14/h4-5,8H,3,6-7H2,1-2H3,(H,17,18). The highest BCUT2D eigenvalue weighted by atomic mass is 16.4. The minimum atomic E-state index is -0.904. The topological polar surface area (TPSA) is 55.1 Å². The molecular formula is C14H16N2O2. The predicted octanol–water partition coefficient (Wildman–Crippen LogP) is 2.94. The molecular weight excluding hydrogens is 228 g/mol. The Balaban J connectivity index is 2.21. The number of aromatic nitrogens is 2. The molecule has 0 spiro atoms. The summed E-state index contributed by atoms with van der Waals surface area (Å²) in [7, 11) is 0. The fraction of sp³-hybridized carbons (Fsp3) is 0.429. The van der Waals surface area contributed by atoms with Gasteiger partial charge in [-0.15, -0.1) is 0 Å². The number of rotatable bonds is 2. The van der Waals surface area contributed by atoms with Crippen molar-refractivity contribution in [2.24, 2.45) is 0 Å². The van der Waals surface area contributed by atoms with E-state index in [9.17, 15) is 4.79 Å². The van der Waals surface area contributed by atoms with E-state index < -0.39 is 5.97 Å². The van der Waals surface area contributed by atoms with Crippen LogP contribution in [0.3, 0.4) is 0 Å². The third-order valence-corrected chi connectivity index (χ3v) is 4.04. The highest BCUT2D eigenvalue weighted by Crippen LogP contribution is 2.41. The van der Waals surface area contributed by atoms with Crippen LogP contribution in [0, 0.1) is 6.92 Å². The molecule has 1 aliphatic rings. The van der Waals surface area contributed by atoms with Gasteiger partial charge in [-0.1, -0.05) is 0 Å². The number of benzene rings is 1. The normalized spacial score (nSPS) is 17.7. The van der Waals surface area contributed by atoms with E-state index >= 15 is 0 Å². The third-order valence-electron chi connectivity index (χ3n) is 4.04. The molecule has 0 aliphatic heterocycles. The number of fused-ring (bicyclic) bond motifs is 1. The summed E-state index contributed by atoms with van der Waals surface area (Å²) < 4.78 is 2.26. The van der Waals surface area contributed by atoms with Gasteiger partial charge in [-0.05, 0) is 51.3 Å². The lowest BCUT2D eigenvalue weighted by atomic mass is 9.78. The molecule has 18 heavy (non-hydrogen) atoms. The highest BCUT2D eigenvalue weighted by Gasteiger charge is 2.35. The molecule has 4 heteroatoms. The number of carboxylic acids is 1. The minimum absolute atomic E-state index is 0.156. The van der Waals surface area contributed by atoms with E-state index in [1.165, 1.54) is 19.3 Å². The zero-order valence-corrected chi connectivity index (χ0v) is 10.6. The molecule has 3 rings (SSSR count). The maximum absolute atomic E-state index is 11.0. The first kappa shape index (κ1) is 11.3. The zero-order valence-electron chi connectivity index (χ0n) is 10.6. The molecule has 0 atom stereocenters. The Bertz CT molecular complexity index is 639. The van der Waals surface area contributed by atoms with Crippen LogP contribution < -0.4 is 0 Å². The number of carboxylic acid groups (broad SMARTS) is 1. The third kappa shape index (κ3) is 1.45. The first-order chi connectivity index (χ1) is 8.51. The van der Waals surface area contributed by atoms with Crippen LogP contribution in [-0.2, 0) is 5.54 Å². The second kappa shape index (κ2) is 3.57. The average molecular weight is 244 g/mol. The maximum Gasteiger partial charge on any atom is 0.335 e. The fourth-order valence-corrected chi connectivity index (χ4v) is 2.93. The zero-order chi connectivity index (χ0) is 12.9. The number of aryl methyl sites for hydroxylation is 1. The van der Waals surface area contributed by atoms with Gasteiger partial charge in [0.05, 0.1) is 16.6 Å². The Kier molecular flexibility index (Phi) is 2.24. The van der Waals surface area contributed by atoms with Crippen LogP contribution >= 0.6 is 0 Å². The monoisotopic (exact) mass is 244 g/mol. The van der Waals surface area contributed by atoms with Crippen molar-refractivity contribution in [3.05, 3.63) is 29.6 Å². The van der Waals surface area contributed by atoms with E-state index in [4.69, 9.17) is 5.11 Å². The van der Waals surface area contributed by atoms with Crippen molar-refractivity contribution in [2.45, 2.75) is 38.6 Å². The molecule has 0 amide bonds. The largest absolute Gasteiger partial charge is 0.478 e. The van der Waals surface area contributed by atoms with Crippen LogP contribution in [0.1, 0.15) is 42.4 Å². The molecule has 0 bridgehead atoms. The smallest absolute Gasteiger partial charge is 0.335 e. The van der Waals surface area contributed by atoms with Gasteiger partial charge in [-0.25, -0.2) is 9.78 Å². The SMILES string of the molecule is Cc1nc2cc(C(=O)O)ccc2n1C1(C)CCC1. The Labute approximate surface area is 105 Å². The van der Waals surface area contributed by atoms with E-state index in [1.807, 2.05) is 13.0 Å². The first-order valence-electron chi connectivity index (χ1n) is 6.24. The molecule has 1 heterocycles. The average Bonchev–Trinajstić information content (AvgIpc) is 2.61. The highest BCUT2D eigenvalue weighted by molar-refractivity contribution is 5.92. The molecule has 1 aromatic heterocycles. The molecule has 1 aliphatic carbocycles. The first-order valence-corrected chi connectivity index (χ1v) is 6.24. The summed E-state index contributed by atoms with van der Waals surface area (Å²) in [6.07, 6.45) is 3.59. The molecule has 0 saturated heterocycles. The Morgan fingerprint density at radius 1 is 1.44 bits per heavy atom. The van der Waals surface area contributed by atoms with Gasteiger partial charge < -0.3 is 9.67 Å². The lowest BCUT2D eigenvalue weighted by Crippen LogP contribution is -2.37. The van der Waals surface area contributed by atoms with Crippen molar-refractivity contribution in [3.63, 3.8) is 0 Å². The number of hydrogen-bond donors (Lipinski definition) is 1. The van der Waals surface area contributed by atoms with E-state index in [0.717, 1.165) is 16.9 Å². The van der Waals surface area contributed by atoms with Gasteiger partial charge in [0.1, 0.15) is 5.82 Å². The van der Waals surface area contributed by atoms with Crippen molar-refractivity contribution in [1.29, 1.82) is 0 Å². The lowest BCUT2D eigenvalue weighted by molar-refractivity contribution is 0.0697. The van der Waals surface area contributed by atoms with Crippen LogP contribution in [0.15, 0.2) is 18.2 Å². The van der Waals surface area contributed by atoms with Crippen molar-refractivity contribution in [3.8, 4) is 0 Å². The quantitative estimate of drug-likeness (QED) is 0.883. The number of hydrogen-bond acceptors (Lipinski definition) is 2. The summed E-state index contributed by atoms with van der Waals surface area (Å²) in [5, 5.41) is 9.00. The number of aromatic carboxylic acids is 1. The van der Waals surface area contributed by atoms with Gasteiger partial charge in [0, 0.05) is 5.54 Å². The summed E-state index contributed by atoms with van der Waals surface area (Å²) in [4.78, 5) is 15.5. The van der Waals surface area contributed by atoms with E-state index in [2.05, 4.69) is 16.5 Å². The van der Waals surface area contributed by atoms with Crippen molar-refractivity contribution in [2.75, 3.05) is 0 Å². The van der Waals surface area contributed by atoms with E-state index in [0.29, 0.717) is 5.56 Å². The van der Waals surface area contributed by atoms with Gasteiger partial charge in [0.15, 0.2) is 0 Å².